The number of aliphatic hydroxyl groups excluding tert-OH is 3. The summed E-state index contributed by atoms with van der Waals surface area (Å²) in [6, 6.07) is 8.77. The number of aromatic nitrogens is 1. The molecule has 1 heterocycles. The zero-order chi connectivity index (χ0) is 24.8. The van der Waals surface area contributed by atoms with Crippen LogP contribution in [0.5, 0.6) is 11.5 Å². The third-order valence-corrected chi connectivity index (χ3v) is 6.64. The average molecular weight is 473 g/mol. The summed E-state index contributed by atoms with van der Waals surface area (Å²) in [6.45, 7) is 2.98. The molecule has 3 aromatic rings. The van der Waals surface area contributed by atoms with Gasteiger partial charge in [-0.1, -0.05) is 19.9 Å². The number of phenolic OH excluding ortho intramolecular Hbond substituents is 2. The van der Waals surface area contributed by atoms with Gasteiger partial charge in [-0.15, -0.1) is 0 Å². The Bertz CT molecular complexity index is 1250. The lowest BCUT2D eigenvalue weighted by molar-refractivity contribution is -0.118. The number of nitrogens with zero attached hydrogens (tertiary/aromatic N) is 1. The molecule has 0 radical (unpaired) electrons. The van der Waals surface area contributed by atoms with Gasteiger partial charge in [-0.3, -0.25) is 4.79 Å². The van der Waals surface area contributed by atoms with Crippen LogP contribution in [0.15, 0.2) is 36.4 Å². The van der Waals surface area contributed by atoms with Crippen LogP contribution in [0.25, 0.3) is 10.9 Å². The van der Waals surface area contributed by atoms with E-state index in [1.807, 2.05) is 13.8 Å². The van der Waals surface area contributed by atoms with E-state index in [-0.39, 0.29) is 30.3 Å². The van der Waals surface area contributed by atoms with Gasteiger partial charge in [0.1, 0.15) is 5.82 Å². The van der Waals surface area contributed by atoms with Gasteiger partial charge in [0.15, 0.2) is 11.5 Å². The molecule has 0 unspecified atom stereocenters. The summed E-state index contributed by atoms with van der Waals surface area (Å²) in [5.41, 5.74) is 0.0292. The Hall–Kier alpha value is -3.14. The maximum absolute atomic E-state index is 15.1. The molecule has 0 spiro atoms. The summed E-state index contributed by atoms with van der Waals surface area (Å²) >= 11 is 0. The van der Waals surface area contributed by atoms with Crippen LogP contribution in [0.1, 0.15) is 37.9 Å². The number of fused-ring (bicyclic) bond motifs is 1. The third kappa shape index (κ3) is 4.11. The number of carbonyl (C=O) groups is 1. The van der Waals surface area contributed by atoms with E-state index in [1.54, 1.807) is 16.7 Å². The fraction of sp³-hybridized carbons (Fsp3) is 0.400. The van der Waals surface area contributed by atoms with E-state index in [2.05, 4.69) is 5.32 Å². The van der Waals surface area contributed by atoms with E-state index in [0.717, 1.165) is 0 Å². The van der Waals surface area contributed by atoms with E-state index in [0.29, 0.717) is 35.0 Å². The number of anilines is 1. The smallest absolute Gasteiger partial charge is 0.235 e. The summed E-state index contributed by atoms with van der Waals surface area (Å²) in [4.78, 5) is 13.1. The molecule has 34 heavy (non-hydrogen) atoms. The van der Waals surface area contributed by atoms with Crippen molar-refractivity contribution in [2.75, 3.05) is 18.5 Å². The number of nitrogens with one attached hydrogen (secondary N) is 1. The number of hydrogen-bond acceptors (Lipinski definition) is 6. The monoisotopic (exact) mass is 472 g/mol. The summed E-state index contributed by atoms with van der Waals surface area (Å²) in [5, 5.41) is 51.8. The molecule has 1 aliphatic carbocycles. The Morgan fingerprint density at radius 3 is 2.44 bits per heavy atom. The fourth-order valence-corrected chi connectivity index (χ4v) is 4.32. The molecular formula is C25H29FN2O6. The van der Waals surface area contributed by atoms with Gasteiger partial charge < -0.3 is 35.4 Å². The molecule has 1 aliphatic rings. The molecule has 1 fully saturated rings. The third-order valence-electron chi connectivity index (χ3n) is 6.64. The molecule has 0 aliphatic heterocycles. The van der Waals surface area contributed by atoms with Gasteiger partial charge in [0.2, 0.25) is 5.91 Å². The molecule has 1 atom stereocenters. The number of halogens is 1. The lowest BCUT2D eigenvalue weighted by Gasteiger charge is -2.25. The van der Waals surface area contributed by atoms with Crippen LogP contribution < -0.4 is 5.32 Å². The number of aromatic hydroxyl groups is 2. The summed E-state index contributed by atoms with van der Waals surface area (Å²) in [7, 11) is 0. The first-order valence-corrected chi connectivity index (χ1v) is 11.1. The molecular weight excluding hydrogens is 443 g/mol. The maximum Gasteiger partial charge on any atom is 0.235 e. The van der Waals surface area contributed by atoms with Gasteiger partial charge in [-0.05, 0) is 42.7 Å². The second-order valence-corrected chi connectivity index (χ2v) is 9.65. The number of aliphatic hydroxyl groups is 3. The normalized spacial score (nSPS) is 15.9. The predicted molar refractivity (Wildman–Crippen MR) is 124 cm³/mol. The second-order valence-electron chi connectivity index (χ2n) is 9.65. The Morgan fingerprint density at radius 1 is 1.15 bits per heavy atom. The van der Waals surface area contributed by atoms with Gasteiger partial charge >= 0.3 is 0 Å². The van der Waals surface area contributed by atoms with Crippen LogP contribution >= 0.6 is 0 Å². The molecule has 2 aromatic carbocycles. The van der Waals surface area contributed by atoms with Crippen molar-refractivity contribution < 1.29 is 34.7 Å². The Morgan fingerprint density at radius 2 is 1.85 bits per heavy atom. The Kier molecular flexibility index (Phi) is 6.05. The SMILES string of the molecule is CC(C)(CO)c1cc2cc(NC(=O)C3(c4ccc(O)c(O)c4)CC3)c(F)cc2n1C[C@@H](O)CO. The lowest BCUT2D eigenvalue weighted by Crippen LogP contribution is -2.29. The van der Waals surface area contributed by atoms with Crippen LogP contribution in [0.4, 0.5) is 10.1 Å². The summed E-state index contributed by atoms with van der Waals surface area (Å²) in [6.07, 6.45) is -0.0170. The number of benzene rings is 2. The molecule has 0 bridgehead atoms. The first kappa shape index (κ1) is 24.0. The molecule has 8 nitrogen and oxygen atoms in total. The highest BCUT2D eigenvalue weighted by Crippen LogP contribution is 2.50. The lowest BCUT2D eigenvalue weighted by atomic mass is 9.90. The van der Waals surface area contributed by atoms with Crippen molar-refractivity contribution in [2.45, 2.75) is 50.2 Å². The summed E-state index contributed by atoms with van der Waals surface area (Å²) in [5.74, 6) is -1.69. The van der Waals surface area contributed by atoms with Crippen LogP contribution in [0.2, 0.25) is 0 Å². The van der Waals surface area contributed by atoms with Crippen LogP contribution in [0.3, 0.4) is 0 Å². The molecule has 4 rings (SSSR count). The quantitative estimate of drug-likeness (QED) is 0.279. The number of amides is 1. The molecule has 182 valence electrons. The van der Waals surface area contributed by atoms with Gasteiger partial charge in [0.25, 0.3) is 0 Å². The largest absolute Gasteiger partial charge is 0.504 e. The van der Waals surface area contributed by atoms with Crippen molar-refractivity contribution in [1.29, 1.82) is 0 Å². The van der Waals surface area contributed by atoms with Crippen molar-refractivity contribution in [3.05, 3.63) is 53.5 Å². The Labute approximate surface area is 195 Å². The van der Waals surface area contributed by atoms with E-state index < -0.39 is 35.3 Å². The van der Waals surface area contributed by atoms with Crippen LogP contribution in [0, 0.1) is 5.82 Å². The molecule has 1 aromatic heterocycles. The molecule has 6 N–H and O–H groups in total. The highest BCUT2D eigenvalue weighted by atomic mass is 19.1. The molecule has 9 heteroatoms. The average Bonchev–Trinajstić information content (AvgIpc) is 3.55. The maximum atomic E-state index is 15.1. The number of carbonyl (C=O) groups excluding carboxylic acids is 1. The van der Waals surface area contributed by atoms with Gasteiger partial charge in [-0.25, -0.2) is 4.39 Å². The highest BCUT2D eigenvalue weighted by molar-refractivity contribution is 6.02. The minimum atomic E-state index is -1.07. The van der Waals surface area contributed by atoms with E-state index in [4.69, 9.17) is 0 Å². The number of phenols is 2. The second kappa shape index (κ2) is 8.57. The minimum absolute atomic E-state index is 0.0113. The zero-order valence-corrected chi connectivity index (χ0v) is 19.0. The predicted octanol–water partition coefficient (Wildman–Crippen LogP) is 2.48. The van der Waals surface area contributed by atoms with Crippen molar-refractivity contribution in [3.8, 4) is 11.5 Å². The fourth-order valence-electron chi connectivity index (χ4n) is 4.32. The minimum Gasteiger partial charge on any atom is -0.504 e. The molecule has 1 saturated carbocycles. The van der Waals surface area contributed by atoms with E-state index in [1.165, 1.54) is 24.3 Å². The highest BCUT2D eigenvalue weighted by Gasteiger charge is 2.51. The topological polar surface area (TPSA) is 135 Å². The first-order valence-electron chi connectivity index (χ1n) is 11.1. The van der Waals surface area contributed by atoms with Crippen molar-refractivity contribution in [2.24, 2.45) is 0 Å². The molecule has 1 amide bonds. The van der Waals surface area contributed by atoms with E-state index >= 15 is 4.39 Å². The summed E-state index contributed by atoms with van der Waals surface area (Å²) < 4.78 is 16.8. The number of hydrogen-bond donors (Lipinski definition) is 6. The van der Waals surface area contributed by atoms with Crippen LogP contribution in [-0.4, -0.2) is 55.3 Å². The van der Waals surface area contributed by atoms with Crippen molar-refractivity contribution >= 4 is 22.5 Å². The van der Waals surface area contributed by atoms with Crippen molar-refractivity contribution in [3.63, 3.8) is 0 Å². The number of rotatable bonds is 8. The van der Waals surface area contributed by atoms with Gasteiger partial charge in [0, 0.05) is 22.6 Å². The first-order chi connectivity index (χ1) is 16.0. The standard InChI is InChI=1S/C25H29FN2O6/c1-24(2,13-30)22-8-14-7-18(17(26)10-19(14)28(22)11-16(31)12-29)27-23(34)25(5-6-25)15-3-4-20(32)21(33)9-15/h3-4,7-10,16,29-33H,5-6,11-13H2,1-2H3,(H,27,34)/t16-/m1/s1. The molecule has 0 saturated heterocycles. The van der Waals surface area contributed by atoms with Gasteiger partial charge in [0.05, 0.1) is 42.5 Å². The van der Waals surface area contributed by atoms with E-state index in [9.17, 15) is 30.3 Å². The van der Waals surface area contributed by atoms with Crippen molar-refractivity contribution in [1.82, 2.24) is 4.57 Å². The van der Waals surface area contributed by atoms with Gasteiger partial charge in [-0.2, -0.15) is 0 Å². The Balaban J connectivity index is 1.71. The zero-order valence-electron chi connectivity index (χ0n) is 19.0. The van der Waals surface area contributed by atoms with Crippen LogP contribution in [-0.2, 0) is 22.2 Å².